The molecule has 49 heavy (non-hydrogen) atoms. The van der Waals surface area contributed by atoms with Gasteiger partial charge in [0.05, 0.1) is 54.3 Å². The molecule has 0 aromatic heterocycles. The number of methoxy groups -OCH3 is 2. The van der Waals surface area contributed by atoms with Crippen LogP contribution in [0.1, 0.15) is 99.2 Å². The van der Waals surface area contributed by atoms with E-state index in [1.807, 2.05) is 58.0 Å². The number of rotatable bonds is 19. The van der Waals surface area contributed by atoms with Crippen molar-refractivity contribution >= 4 is 23.5 Å². The van der Waals surface area contributed by atoms with Gasteiger partial charge in [0.25, 0.3) is 0 Å². The van der Waals surface area contributed by atoms with Gasteiger partial charge in [0, 0.05) is 40.2 Å². The Kier molecular flexibility index (Phi) is 16.4. The van der Waals surface area contributed by atoms with Gasteiger partial charge in [-0.05, 0) is 51.0 Å². The second-order valence-corrected chi connectivity index (χ2v) is 14.9. The summed E-state index contributed by atoms with van der Waals surface area (Å²) in [7, 11) is 4.85. The summed E-state index contributed by atoms with van der Waals surface area (Å²) in [6.45, 7) is 15.3. The molecule has 1 aliphatic heterocycles. The van der Waals surface area contributed by atoms with Crippen molar-refractivity contribution in [2.75, 3.05) is 27.8 Å². The number of aliphatic hydroxyl groups is 1. The number of likely N-dealkylation sites (tertiary alicyclic amines) is 1. The number of nitrogens with zero attached hydrogens (tertiary/aromatic N) is 2. The molecule has 0 saturated carbocycles. The number of ketones is 1. The molecule has 0 bridgehead atoms. The highest BCUT2D eigenvalue weighted by Crippen LogP contribution is 2.31. The molecule has 0 radical (unpaired) electrons. The number of ether oxygens (including phenoxy) is 2. The Morgan fingerprint density at radius 3 is 2.16 bits per heavy atom. The summed E-state index contributed by atoms with van der Waals surface area (Å²) >= 11 is 0. The molecule has 11 heteroatoms. The fourth-order valence-electron chi connectivity index (χ4n) is 7.01. The van der Waals surface area contributed by atoms with Crippen molar-refractivity contribution in [1.82, 2.24) is 15.1 Å². The van der Waals surface area contributed by atoms with Crippen LogP contribution in [0.3, 0.4) is 0 Å². The van der Waals surface area contributed by atoms with Crippen LogP contribution in [0.25, 0.3) is 0 Å². The van der Waals surface area contributed by atoms with Crippen LogP contribution in [-0.4, -0.2) is 102 Å². The summed E-state index contributed by atoms with van der Waals surface area (Å²) in [6.07, 6.45) is 0.223. The van der Waals surface area contributed by atoms with Gasteiger partial charge in [-0.15, -0.1) is 0 Å². The van der Waals surface area contributed by atoms with Crippen LogP contribution in [0, 0.1) is 23.7 Å². The minimum Gasteiger partial charge on any atom is -0.386 e. The zero-order chi connectivity index (χ0) is 37.2. The van der Waals surface area contributed by atoms with E-state index in [0.717, 1.165) is 12.8 Å². The maximum absolute atomic E-state index is 14.1. The zero-order valence-electron chi connectivity index (χ0n) is 31.8. The van der Waals surface area contributed by atoms with E-state index in [2.05, 4.69) is 5.32 Å². The van der Waals surface area contributed by atoms with Crippen LogP contribution in [0.5, 0.6) is 0 Å². The second-order valence-electron chi connectivity index (χ2n) is 14.9. The first-order valence-electron chi connectivity index (χ1n) is 17.9. The van der Waals surface area contributed by atoms with Crippen molar-refractivity contribution in [2.45, 2.75) is 129 Å². The van der Waals surface area contributed by atoms with Gasteiger partial charge in [0.2, 0.25) is 17.7 Å². The molecule has 1 aliphatic rings. The topological polar surface area (TPSA) is 152 Å². The van der Waals surface area contributed by atoms with Gasteiger partial charge >= 0.3 is 0 Å². The number of nitrogens with two attached hydrogens (primary N) is 1. The number of aliphatic hydroxyl groups excluding tert-OH is 1. The SMILES string of the molecule is CCC(C)C(C(CC(=O)N1CCCC1C(OC)C(C)C(=O)NC(C)C(O)c1ccccc1)OC)N(C)C(=O)C(CC(=O)C(C)(C)N)C(C)C. The van der Waals surface area contributed by atoms with Crippen molar-refractivity contribution in [2.24, 2.45) is 29.4 Å². The van der Waals surface area contributed by atoms with Crippen LogP contribution in [0.4, 0.5) is 0 Å². The highest BCUT2D eigenvalue weighted by atomic mass is 16.5. The number of carbonyl (C=O) groups excluding carboxylic acids is 4. The molecule has 9 unspecified atom stereocenters. The molecule has 11 nitrogen and oxygen atoms in total. The van der Waals surface area contributed by atoms with Crippen LogP contribution < -0.4 is 11.1 Å². The molecule has 0 spiro atoms. The third-order valence-corrected chi connectivity index (χ3v) is 10.5. The largest absolute Gasteiger partial charge is 0.386 e. The van der Waals surface area contributed by atoms with Crippen LogP contribution in [0.15, 0.2) is 30.3 Å². The Hall–Kier alpha value is -2.86. The maximum Gasteiger partial charge on any atom is 0.226 e. The summed E-state index contributed by atoms with van der Waals surface area (Å²) in [4.78, 5) is 57.8. The monoisotopic (exact) mass is 688 g/mol. The van der Waals surface area contributed by atoms with E-state index in [9.17, 15) is 24.3 Å². The molecular weight excluding hydrogens is 624 g/mol. The molecule has 3 amide bonds. The molecule has 1 saturated heterocycles. The van der Waals surface area contributed by atoms with E-state index in [-0.39, 0.29) is 54.2 Å². The van der Waals surface area contributed by atoms with Gasteiger partial charge in [-0.1, -0.05) is 71.4 Å². The van der Waals surface area contributed by atoms with Crippen LogP contribution in [0.2, 0.25) is 0 Å². The van der Waals surface area contributed by atoms with E-state index >= 15 is 0 Å². The Bertz CT molecular complexity index is 1220. The second kappa shape index (κ2) is 18.9. The quantitative estimate of drug-likeness (QED) is 0.197. The van der Waals surface area contributed by atoms with Crippen molar-refractivity contribution < 1.29 is 33.8 Å². The Labute approximate surface area is 294 Å². The van der Waals surface area contributed by atoms with Crippen LogP contribution in [-0.2, 0) is 28.7 Å². The average Bonchev–Trinajstić information content (AvgIpc) is 3.55. The molecule has 1 aromatic rings. The zero-order valence-corrected chi connectivity index (χ0v) is 31.8. The van der Waals surface area contributed by atoms with Gasteiger partial charge < -0.3 is 35.4 Å². The fourth-order valence-corrected chi connectivity index (χ4v) is 7.01. The Morgan fingerprint density at radius 1 is 1.04 bits per heavy atom. The number of nitrogens with one attached hydrogen (secondary N) is 1. The summed E-state index contributed by atoms with van der Waals surface area (Å²) in [5.74, 6) is -2.00. The van der Waals surface area contributed by atoms with Gasteiger partial charge in [-0.3, -0.25) is 19.2 Å². The van der Waals surface area contributed by atoms with Crippen molar-refractivity contribution in [3.05, 3.63) is 35.9 Å². The third kappa shape index (κ3) is 11.1. The minimum absolute atomic E-state index is 0.000735. The molecule has 9 atom stereocenters. The van der Waals surface area contributed by atoms with E-state index in [4.69, 9.17) is 15.2 Å². The van der Waals surface area contributed by atoms with Gasteiger partial charge in [-0.25, -0.2) is 0 Å². The number of benzene rings is 1. The first kappa shape index (κ1) is 42.3. The molecule has 1 heterocycles. The Morgan fingerprint density at radius 2 is 1.65 bits per heavy atom. The van der Waals surface area contributed by atoms with Crippen molar-refractivity contribution in [3.8, 4) is 0 Å². The minimum atomic E-state index is -1.05. The standard InChI is InChI=1S/C38H64N4O7/c1-12-24(4)33(41(9)37(47)28(23(2)3)21-31(43)38(7,8)39)30(48-10)22-32(44)42-20-16-19-29(42)35(49-11)25(5)36(46)40-26(6)34(45)27-17-14-13-15-18-27/h13-15,17-18,23-26,28-30,33-35,45H,12,16,19-22,39H2,1-11H3,(H,40,46). The number of amides is 3. The molecule has 0 aliphatic carbocycles. The molecule has 1 fully saturated rings. The number of hydrogen-bond acceptors (Lipinski definition) is 8. The van der Waals surface area contributed by atoms with Gasteiger partial charge in [0.15, 0.2) is 5.78 Å². The first-order valence-corrected chi connectivity index (χ1v) is 17.9. The van der Waals surface area contributed by atoms with E-state index in [0.29, 0.717) is 18.5 Å². The number of likely N-dealkylation sites (N-methyl/N-ethyl adjacent to an activating group) is 1. The maximum atomic E-state index is 14.1. The van der Waals surface area contributed by atoms with E-state index in [1.54, 1.807) is 58.8 Å². The van der Waals surface area contributed by atoms with Crippen molar-refractivity contribution in [3.63, 3.8) is 0 Å². The number of carbonyl (C=O) groups is 4. The molecular formula is C38H64N4O7. The lowest BCUT2D eigenvalue weighted by atomic mass is 9.83. The smallest absolute Gasteiger partial charge is 0.226 e. The highest BCUT2D eigenvalue weighted by molar-refractivity contribution is 5.92. The average molecular weight is 689 g/mol. The lowest BCUT2D eigenvalue weighted by Gasteiger charge is -2.41. The van der Waals surface area contributed by atoms with E-state index < -0.39 is 47.8 Å². The predicted octanol–water partition coefficient (Wildman–Crippen LogP) is 4.11. The first-order chi connectivity index (χ1) is 22.9. The molecule has 4 N–H and O–H groups in total. The summed E-state index contributed by atoms with van der Waals surface area (Å²) in [5, 5.41) is 13.7. The summed E-state index contributed by atoms with van der Waals surface area (Å²) < 4.78 is 11.9. The van der Waals surface area contributed by atoms with Gasteiger partial charge in [0.1, 0.15) is 0 Å². The normalized spacial score (nSPS) is 20.1. The summed E-state index contributed by atoms with van der Waals surface area (Å²) in [6, 6.07) is 7.89. The molecule has 2 rings (SSSR count). The predicted molar refractivity (Wildman–Crippen MR) is 191 cm³/mol. The number of hydrogen-bond donors (Lipinski definition) is 3. The van der Waals surface area contributed by atoms with Crippen molar-refractivity contribution in [1.29, 1.82) is 0 Å². The lowest BCUT2D eigenvalue weighted by molar-refractivity contribution is -0.149. The highest BCUT2D eigenvalue weighted by Gasteiger charge is 2.43. The third-order valence-electron chi connectivity index (χ3n) is 10.5. The van der Waals surface area contributed by atoms with Gasteiger partial charge in [-0.2, -0.15) is 0 Å². The fraction of sp³-hybridized carbons (Fsp3) is 0.737. The van der Waals surface area contributed by atoms with E-state index in [1.165, 1.54) is 0 Å². The summed E-state index contributed by atoms with van der Waals surface area (Å²) in [5.41, 5.74) is 5.74. The van der Waals surface area contributed by atoms with Crippen LogP contribution >= 0.6 is 0 Å². The molecule has 1 aromatic carbocycles. The molecule has 278 valence electrons. The lowest BCUT2D eigenvalue weighted by Crippen LogP contribution is -2.55. The Balaban J connectivity index is 2.23. The number of Topliss-reactive ketones (excluding diaryl/α,β-unsaturated/α-hetero) is 1.